The molecular formula is C55H80N13O9+. The summed E-state index contributed by atoms with van der Waals surface area (Å²) in [6.45, 7) is 12.3. The summed E-state index contributed by atoms with van der Waals surface area (Å²) in [5.41, 5.74) is 14.0. The second kappa shape index (κ2) is 30.7. The molecule has 0 aliphatic heterocycles. The van der Waals surface area contributed by atoms with E-state index in [2.05, 4.69) is 52.2 Å². The van der Waals surface area contributed by atoms with Gasteiger partial charge in [0.25, 0.3) is 5.91 Å². The number of hydrogen-bond donors (Lipinski definition) is 12. The Bertz CT molecular complexity index is 2630. The van der Waals surface area contributed by atoms with Crippen LogP contribution in [0.1, 0.15) is 91.0 Å². The van der Waals surface area contributed by atoms with Gasteiger partial charge in [0.2, 0.25) is 41.4 Å². The fourth-order valence-corrected chi connectivity index (χ4v) is 8.67. The van der Waals surface area contributed by atoms with Crippen molar-refractivity contribution in [3.8, 4) is 0 Å². The SMILES string of the molecule is CN[C@H](Cc1ccccc1)C(=O)N[C@@H](CCC(N)=O)C(=O)N[C@@H](Cc1c[nH]c2ccccc12)C(=O)N[C@@H](C)C(=O)N[C@H](C(=O)[NH2+]CC(=O)N[C@@H](Cc1cnc[nH]1)C(=O)N[C@H](/C=C/[C@@H](CC(C)C)C(N)=O)CC(C)C)C(C)C. The van der Waals surface area contributed by atoms with Crippen molar-refractivity contribution < 1.29 is 48.5 Å². The van der Waals surface area contributed by atoms with Crippen molar-refractivity contribution in [3.05, 3.63) is 102 Å². The third-order valence-corrected chi connectivity index (χ3v) is 12.9. The van der Waals surface area contributed by atoms with E-state index in [1.807, 2.05) is 82.3 Å². The Hall–Kier alpha value is -7.72. The number of carbonyl (C=O) groups excluding carboxylic acids is 9. The average Bonchev–Trinajstić information content (AvgIpc) is 4.05. The lowest BCUT2D eigenvalue weighted by Crippen LogP contribution is -2.93. The maximum absolute atomic E-state index is 14.3. The van der Waals surface area contributed by atoms with E-state index in [9.17, 15) is 43.2 Å². The van der Waals surface area contributed by atoms with E-state index >= 15 is 0 Å². The fraction of sp³-hybridized carbons (Fsp3) is 0.491. The Kier molecular flexibility index (Phi) is 24.7. The number of nitrogens with two attached hydrogens (primary N) is 3. The molecule has 22 heteroatoms. The number of likely N-dealkylation sites (N-methyl/N-ethyl adjacent to an activating group) is 1. The number of hydrogen-bond acceptors (Lipinski definition) is 11. The lowest BCUT2D eigenvalue weighted by Gasteiger charge is -2.26. The van der Waals surface area contributed by atoms with Crippen molar-refractivity contribution in [1.29, 1.82) is 0 Å². The third kappa shape index (κ3) is 20.7. The topological polar surface area (TPSA) is 351 Å². The molecule has 22 nitrogen and oxygen atoms in total. The number of aromatic amines is 2. The number of para-hydroxylation sites is 1. The number of benzene rings is 2. The summed E-state index contributed by atoms with van der Waals surface area (Å²) in [4.78, 5) is 131. The number of primary amides is 3. The standard InChI is InChI=1S/C55H79N13O9/c1-31(2)22-36(49(57)71)18-19-38(23-32(3)4)64-54(76)45(26-39-28-59-30-62-39)65-47(70)29-61-55(77)48(33(5)6)68-50(72)34(7)63-53(75)44(25-37-27-60-41-17-13-12-16-40(37)41)67-51(73)42(20-21-46(56)69)66-52(74)43(58-8)24-35-14-10-9-11-15-35/h9-19,27-28,30-34,36,38,42-45,48,58,60H,20-26,29H2,1-8H3,(H2,56,69)(H2,57,71)(H,59,62)(H,61,77)(H,63,75)(H,64,76)(H,65,70)(H,66,74)(H,67,73)(H,68,72)/p+1/b19-18+/t34-,36-,38+,42-,43+,44-,45-,48-/m0/s1. The molecule has 2 aromatic heterocycles. The van der Waals surface area contributed by atoms with Crippen LogP contribution in [-0.2, 0) is 62.4 Å². The van der Waals surface area contributed by atoms with Gasteiger partial charge in [-0.15, -0.1) is 0 Å². The van der Waals surface area contributed by atoms with Gasteiger partial charge in [0.1, 0.15) is 30.2 Å². The third-order valence-electron chi connectivity index (χ3n) is 12.9. The van der Waals surface area contributed by atoms with Gasteiger partial charge in [-0.1, -0.05) is 102 Å². The van der Waals surface area contributed by atoms with Gasteiger partial charge in [0.05, 0.1) is 18.3 Å². The van der Waals surface area contributed by atoms with E-state index in [1.54, 1.807) is 39.2 Å². The summed E-state index contributed by atoms with van der Waals surface area (Å²) >= 11 is 0. The molecule has 0 spiro atoms. The average molecular weight is 1070 g/mol. The molecule has 15 N–H and O–H groups in total. The first-order valence-electron chi connectivity index (χ1n) is 26.2. The number of quaternary nitrogens is 1. The van der Waals surface area contributed by atoms with Crippen LogP contribution in [0.5, 0.6) is 0 Å². The molecular weight excluding hydrogens is 987 g/mol. The van der Waals surface area contributed by atoms with Gasteiger partial charge >= 0.3 is 5.91 Å². The molecule has 0 aliphatic carbocycles. The van der Waals surface area contributed by atoms with Gasteiger partial charge in [-0.3, -0.25) is 43.7 Å². The number of rotatable bonds is 32. The zero-order valence-corrected chi connectivity index (χ0v) is 45.4. The minimum Gasteiger partial charge on any atom is -0.370 e. The second-order valence-electron chi connectivity index (χ2n) is 20.7. The largest absolute Gasteiger partial charge is 0.370 e. The molecule has 77 heavy (non-hydrogen) atoms. The molecule has 0 bridgehead atoms. The first-order chi connectivity index (χ1) is 36.5. The van der Waals surface area contributed by atoms with Gasteiger partial charge in [0.15, 0.2) is 6.54 Å². The number of imidazole rings is 1. The highest BCUT2D eigenvalue weighted by molar-refractivity contribution is 5.96. The predicted molar refractivity (Wildman–Crippen MR) is 290 cm³/mol. The summed E-state index contributed by atoms with van der Waals surface area (Å²) in [6, 6.07) is 9.26. The molecule has 418 valence electrons. The van der Waals surface area contributed by atoms with Crippen LogP contribution in [0.4, 0.5) is 0 Å². The Labute approximate surface area is 450 Å². The Morgan fingerprint density at radius 1 is 0.649 bits per heavy atom. The van der Waals surface area contributed by atoms with Crippen LogP contribution in [0.15, 0.2) is 85.5 Å². The predicted octanol–water partition coefficient (Wildman–Crippen LogP) is 0.197. The number of carbonyl (C=O) groups is 9. The van der Waals surface area contributed by atoms with Crippen molar-refractivity contribution in [2.75, 3.05) is 13.6 Å². The molecule has 0 saturated carbocycles. The summed E-state index contributed by atoms with van der Waals surface area (Å²) in [6.07, 6.45) is 9.07. The van der Waals surface area contributed by atoms with Crippen LogP contribution in [0, 0.1) is 23.7 Å². The summed E-state index contributed by atoms with van der Waals surface area (Å²) < 4.78 is 0. The molecule has 9 amide bonds. The van der Waals surface area contributed by atoms with Gasteiger partial charge in [-0.2, -0.15) is 0 Å². The van der Waals surface area contributed by atoms with E-state index in [-0.39, 0.29) is 37.5 Å². The Morgan fingerprint density at radius 2 is 1.27 bits per heavy atom. The molecule has 4 aromatic rings. The summed E-state index contributed by atoms with van der Waals surface area (Å²) in [5.74, 6) is -6.39. The minimum atomic E-state index is -1.32. The van der Waals surface area contributed by atoms with Crippen LogP contribution < -0.4 is 54.0 Å². The fourth-order valence-electron chi connectivity index (χ4n) is 8.67. The van der Waals surface area contributed by atoms with Crippen molar-refractivity contribution in [2.24, 2.45) is 35.1 Å². The van der Waals surface area contributed by atoms with Gasteiger partial charge in [0, 0.05) is 54.3 Å². The number of nitrogens with one attached hydrogen (secondary N) is 9. The number of amides is 9. The number of aromatic nitrogens is 3. The zero-order valence-electron chi connectivity index (χ0n) is 45.4. The maximum atomic E-state index is 14.3. The number of nitrogens with zero attached hydrogens (tertiary/aromatic N) is 1. The van der Waals surface area contributed by atoms with E-state index in [0.717, 1.165) is 21.8 Å². The van der Waals surface area contributed by atoms with Crippen LogP contribution in [-0.4, -0.2) is 124 Å². The minimum absolute atomic E-state index is 0.0419. The van der Waals surface area contributed by atoms with Gasteiger partial charge < -0.3 is 58.7 Å². The lowest BCUT2D eigenvalue weighted by molar-refractivity contribution is -0.559. The van der Waals surface area contributed by atoms with Crippen molar-refractivity contribution in [1.82, 2.24) is 52.2 Å². The molecule has 2 aromatic carbocycles. The van der Waals surface area contributed by atoms with Crippen LogP contribution in [0.3, 0.4) is 0 Å². The highest BCUT2D eigenvalue weighted by Gasteiger charge is 2.34. The number of H-pyrrole nitrogens is 2. The van der Waals surface area contributed by atoms with E-state index < -0.39 is 114 Å². The van der Waals surface area contributed by atoms with Gasteiger partial charge in [-0.05, 0) is 74.6 Å². The quantitative estimate of drug-likeness (QED) is 0.0293. The van der Waals surface area contributed by atoms with Crippen molar-refractivity contribution in [3.63, 3.8) is 0 Å². The smallest absolute Gasteiger partial charge is 0.333 e. The molecule has 0 fully saturated rings. The molecule has 0 unspecified atom stereocenters. The van der Waals surface area contributed by atoms with E-state index in [4.69, 9.17) is 11.5 Å². The highest BCUT2D eigenvalue weighted by atomic mass is 16.2. The molecule has 8 atom stereocenters. The van der Waals surface area contributed by atoms with Crippen LogP contribution in [0.25, 0.3) is 10.9 Å². The molecule has 0 aliphatic rings. The molecule has 0 radical (unpaired) electrons. The molecule has 2 heterocycles. The lowest BCUT2D eigenvalue weighted by atomic mass is 9.94. The zero-order chi connectivity index (χ0) is 56.8. The van der Waals surface area contributed by atoms with Gasteiger partial charge in [-0.25, -0.2) is 9.78 Å². The van der Waals surface area contributed by atoms with E-state index in [1.165, 1.54) is 19.4 Å². The van der Waals surface area contributed by atoms with Crippen molar-refractivity contribution in [2.45, 2.75) is 136 Å². The number of fused-ring (bicyclic) bond motifs is 1. The molecule has 4 rings (SSSR count). The Morgan fingerprint density at radius 3 is 1.90 bits per heavy atom. The Balaban J connectivity index is 1.46. The first kappa shape index (κ1) is 61.8. The summed E-state index contributed by atoms with van der Waals surface area (Å²) in [7, 11) is 1.61. The summed E-state index contributed by atoms with van der Waals surface area (Å²) in [5, 5.41) is 21.4. The normalized spacial score (nSPS) is 14.7. The molecule has 0 saturated heterocycles. The van der Waals surface area contributed by atoms with Crippen LogP contribution >= 0.6 is 0 Å². The maximum Gasteiger partial charge on any atom is 0.333 e. The first-order valence-corrected chi connectivity index (χ1v) is 26.2. The van der Waals surface area contributed by atoms with Crippen LogP contribution in [0.2, 0.25) is 0 Å². The second-order valence-corrected chi connectivity index (χ2v) is 20.7. The van der Waals surface area contributed by atoms with Crippen molar-refractivity contribution >= 4 is 64.1 Å². The monoisotopic (exact) mass is 1070 g/mol. The highest BCUT2D eigenvalue weighted by Crippen LogP contribution is 2.20. The van der Waals surface area contributed by atoms with E-state index in [0.29, 0.717) is 30.5 Å².